The Kier molecular flexibility index (Phi) is 5.98. The Morgan fingerprint density at radius 2 is 1.92 bits per heavy atom. The molecule has 0 spiro atoms. The molecule has 0 heterocycles. The highest BCUT2D eigenvalue weighted by molar-refractivity contribution is 7.89. The third-order valence-electron chi connectivity index (χ3n) is 3.70. The lowest BCUT2D eigenvalue weighted by molar-refractivity contribution is 0.299. The molecule has 0 aromatic heterocycles. The molecule has 2 aromatic carbocycles. The normalized spacial score (nSPS) is 13.2. The summed E-state index contributed by atoms with van der Waals surface area (Å²) in [6, 6.07) is 10.6. The van der Waals surface area contributed by atoms with E-state index in [4.69, 9.17) is 11.6 Å². The van der Waals surface area contributed by atoms with E-state index in [2.05, 4.69) is 4.72 Å². The summed E-state index contributed by atoms with van der Waals surface area (Å²) in [6.45, 7) is 1.94. The molecule has 24 heavy (non-hydrogen) atoms. The van der Waals surface area contributed by atoms with Crippen molar-refractivity contribution in [2.24, 2.45) is 0 Å². The molecule has 0 aliphatic rings. The number of aryl methyl sites for hydroxylation is 1. The van der Waals surface area contributed by atoms with Gasteiger partial charge in [0.2, 0.25) is 10.0 Å². The summed E-state index contributed by atoms with van der Waals surface area (Å²) in [5.74, 6) is -0.358. The lowest BCUT2D eigenvalue weighted by Gasteiger charge is -2.25. The van der Waals surface area contributed by atoms with Crippen LogP contribution in [0.4, 0.5) is 4.39 Å². The maximum Gasteiger partial charge on any atom is 0.242 e. The SMILES string of the molecule is Cc1ccc(S(=O)(=O)NCC(c2cccc(F)c2)N(C)C)c(Cl)c1. The van der Waals surface area contributed by atoms with Crippen molar-refractivity contribution in [2.75, 3.05) is 20.6 Å². The second-order valence-electron chi connectivity index (χ2n) is 5.82. The van der Waals surface area contributed by atoms with Crippen LogP contribution in [-0.2, 0) is 10.0 Å². The first kappa shape index (κ1) is 18.9. The third kappa shape index (κ3) is 4.54. The zero-order valence-corrected chi connectivity index (χ0v) is 15.3. The molecule has 0 fully saturated rings. The van der Waals surface area contributed by atoms with Gasteiger partial charge in [0.1, 0.15) is 10.7 Å². The monoisotopic (exact) mass is 370 g/mol. The van der Waals surface area contributed by atoms with Crippen LogP contribution in [0.3, 0.4) is 0 Å². The van der Waals surface area contributed by atoms with Gasteiger partial charge in [0.05, 0.1) is 5.02 Å². The van der Waals surface area contributed by atoms with Crippen LogP contribution < -0.4 is 4.72 Å². The average Bonchev–Trinajstić information content (AvgIpc) is 2.46. The van der Waals surface area contributed by atoms with Crippen LogP contribution in [0.1, 0.15) is 17.2 Å². The topological polar surface area (TPSA) is 49.4 Å². The van der Waals surface area contributed by atoms with Crippen LogP contribution in [0.2, 0.25) is 5.02 Å². The van der Waals surface area contributed by atoms with E-state index < -0.39 is 10.0 Å². The van der Waals surface area contributed by atoms with Crippen molar-refractivity contribution in [3.63, 3.8) is 0 Å². The highest BCUT2D eigenvalue weighted by atomic mass is 35.5. The molecule has 0 bridgehead atoms. The summed E-state index contributed by atoms with van der Waals surface area (Å²) >= 11 is 6.05. The van der Waals surface area contributed by atoms with Crippen LogP contribution >= 0.6 is 11.6 Å². The molecule has 130 valence electrons. The number of nitrogens with zero attached hydrogens (tertiary/aromatic N) is 1. The Morgan fingerprint density at radius 1 is 1.21 bits per heavy atom. The van der Waals surface area contributed by atoms with Crippen LogP contribution in [0.15, 0.2) is 47.4 Å². The van der Waals surface area contributed by atoms with Crippen molar-refractivity contribution in [1.29, 1.82) is 0 Å². The van der Waals surface area contributed by atoms with Gasteiger partial charge < -0.3 is 4.90 Å². The summed E-state index contributed by atoms with van der Waals surface area (Å²) in [6.07, 6.45) is 0. The van der Waals surface area contributed by atoms with Gasteiger partial charge in [-0.15, -0.1) is 0 Å². The summed E-state index contributed by atoms with van der Waals surface area (Å²) in [5.41, 5.74) is 1.57. The standard InChI is InChI=1S/C17H20ClFN2O2S/c1-12-7-8-17(15(18)9-12)24(22,23)20-11-16(21(2)3)13-5-4-6-14(19)10-13/h4-10,16,20H,11H2,1-3H3. The maximum absolute atomic E-state index is 13.4. The zero-order chi connectivity index (χ0) is 17.9. The zero-order valence-electron chi connectivity index (χ0n) is 13.8. The number of nitrogens with one attached hydrogen (secondary N) is 1. The molecule has 2 rings (SSSR count). The summed E-state index contributed by atoms with van der Waals surface area (Å²) in [4.78, 5) is 1.86. The fourth-order valence-corrected chi connectivity index (χ4v) is 4.04. The second-order valence-corrected chi connectivity index (χ2v) is 7.96. The predicted octanol–water partition coefficient (Wildman–Crippen LogP) is 3.37. The molecular formula is C17H20ClFN2O2S. The minimum atomic E-state index is -3.76. The van der Waals surface area contributed by atoms with Crippen molar-refractivity contribution < 1.29 is 12.8 Å². The average molecular weight is 371 g/mol. The summed E-state index contributed by atoms with van der Waals surface area (Å²) in [5, 5.41) is 0.176. The third-order valence-corrected chi connectivity index (χ3v) is 5.61. The number of likely N-dealkylation sites (N-methyl/N-ethyl adjacent to an activating group) is 1. The predicted molar refractivity (Wildman–Crippen MR) is 94.2 cm³/mol. The van der Waals surface area contributed by atoms with Crippen LogP contribution in [-0.4, -0.2) is 34.0 Å². The number of hydrogen-bond donors (Lipinski definition) is 1. The van der Waals surface area contributed by atoms with E-state index in [1.165, 1.54) is 18.2 Å². The Hall–Kier alpha value is -1.47. The fraction of sp³-hybridized carbons (Fsp3) is 0.294. The van der Waals surface area contributed by atoms with E-state index in [9.17, 15) is 12.8 Å². The Bertz CT molecular complexity index is 825. The van der Waals surface area contributed by atoms with Crippen LogP contribution in [0.5, 0.6) is 0 Å². The smallest absolute Gasteiger partial charge is 0.242 e. The number of halogens is 2. The van der Waals surface area contributed by atoms with Gasteiger partial charge in [-0.1, -0.05) is 29.8 Å². The molecule has 0 saturated carbocycles. The Balaban J connectivity index is 2.22. The molecule has 0 amide bonds. The van der Waals surface area contributed by atoms with Gasteiger partial charge in [0, 0.05) is 12.6 Å². The molecular weight excluding hydrogens is 351 g/mol. The van der Waals surface area contributed by atoms with Crippen molar-refractivity contribution in [3.05, 3.63) is 64.4 Å². The molecule has 0 radical (unpaired) electrons. The van der Waals surface area contributed by atoms with Gasteiger partial charge in [-0.2, -0.15) is 0 Å². The van der Waals surface area contributed by atoms with E-state index in [0.29, 0.717) is 5.56 Å². The van der Waals surface area contributed by atoms with E-state index in [1.807, 2.05) is 25.9 Å². The van der Waals surface area contributed by atoms with Gasteiger partial charge in [-0.05, 0) is 56.4 Å². The quantitative estimate of drug-likeness (QED) is 0.848. The Morgan fingerprint density at radius 3 is 2.50 bits per heavy atom. The van der Waals surface area contributed by atoms with Gasteiger partial charge in [0.15, 0.2) is 0 Å². The Labute approximate surface area is 147 Å². The lowest BCUT2D eigenvalue weighted by Crippen LogP contribution is -2.34. The molecule has 4 nitrogen and oxygen atoms in total. The minimum absolute atomic E-state index is 0.0338. The number of hydrogen-bond acceptors (Lipinski definition) is 3. The molecule has 1 atom stereocenters. The van der Waals surface area contributed by atoms with Crippen molar-refractivity contribution in [1.82, 2.24) is 9.62 Å². The minimum Gasteiger partial charge on any atom is -0.301 e. The van der Waals surface area contributed by atoms with Gasteiger partial charge >= 0.3 is 0 Å². The van der Waals surface area contributed by atoms with Crippen molar-refractivity contribution >= 4 is 21.6 Å². The van der Waals surface area contributed by atoms with Crippen molar-refractivity contribution in [3.8, 4) is 0 Å². The summed E-state index contributed by atoms with van der Waals surface area (Å²) < 4.78 is 41.0. The van der Waals surface area contributed by atoms with Gasteiger partial charge in [-0.25, -0.2) is 17.5 Å². The highest BCUT2D eigenvalue weighted by Gasteiger charge is 2.22. The van der Waals surface area contributed by atoms with Gasteiger partial charge in [-0.3, -0.25) is 0 Å². The van der Waals surface area contributed by atoms with E-state index in [1.54, 1.807) is 24.3 Å². The van der Waals surface area contributed by atoms with E-state index >= 15 is 0 Å². The molecule has 0 saturated heterocycles. The molecule has 0 aliphatic heterocycles. The molecule has 1 N–H and O–H groups in total. The first-order chi connectivity index (χ1) is 11.2. The fourth-order valence-electron chi connectivity index (χ4n) is 2.40. The summed E-state index contributed by atoms with van der Waals surface area (Å²) in [7, 11) is -0.140. The maximum atomic E-state index is 13.4. The lowest BCUT2D eigenvalue weighted by atomic mass is 10.1. The number of benzene rings is 2. The van der Waals surface area contributed by atoms with Crippen molar-refractivity contribution in [2.45, 2.75) is 17.9 Å². The number of sulfonamides is 1. The van der Waals surface area contributed by atoms with Crippen LogP contribution in [0, 0.1) is 12.7 Å². The molecule has 2 aromatic rings. The number of rotatable bonds is 6. The second kappa shape index (κ2) is 7.61. The molecule has 7 heteroatoms. The first-order valence-electron chi connectivity index (χ1n) is 7.38. The van der Waals surface area contributed by atoms with Crippen LogP contribution in [0.25, 0.3) is 0 Å². The van der Waals surface area contributed by atoms with Gasteiger partial charge in [0.25, 0.3) is 0 Å². The van der Waals surface area contributed by atoms with E-state index in [-0.39, 0.29) is 28.3 Å². The molecule has 0 aliphatic carbocycles. The largest absolute Gasteiger partial charge is 0.301 e. The first-order valence-corrected chi connectivity index (χ1v) is 9.24. The molecule has 1 unspecified atom stereocenters. The highest BCUT2D eigenvalue weighted by Crippen LogP contribution is 2.24. The van der Waals surface area contributed by atoms with E-state index in [0.717, 1.165) is 5.56 Å².